The summed E-state index contributed by atoms with van der Waals surface area (Å²) in [4.78, 5) is 27.7. The number of benzene rings is 2. The minimum Gasteiger partial charge on any atom is -0.393 e. The second-order valence-electron chi connectivity index (χ2n) is 11.3. The van der Waals surface area contributed by atoms with Crippen LogP contribution in [0.15, 0.2) is 42.5 Å². The number of carbonyl (C=O) groups excluding carboxylic acids is 2. The van der Waals surface area contributed by atoms with E-state index in [1.54, 1.807) is 18.2 Å². The van der Waals surface area contributed by atoms with E-state index in [4.69, 9.17) is 23.2 Å². The maximum atomic E-state index is 14.0. The fourth-order valence-corrected chi connectivity index (χ4v) is 6.49. The van der Waals surface area contributed by atoms with E-state index in [0.29, 0.717) is 35.0 Å². The van der Waals surface area contributed by atoms with Gasteiger partial charge in [0.1, 0.15) is 5.41 Å². The van der Waals surface area contributed by atoms with Crippen molar-refractivity contribution in [1.82, 2.24) is 10.6 Å². The summed E-state index contributed by atoms with van der Waals surface area (Å²) in [6, 6.07) is 11.9. The van der Waals surface area contributed by atoms with Crippen LogP contribution in [0.3, 0.4) is 0 Å². The summed E-state index contributed by atoms with van der Waals surface area (Å²) in [5.74, 6) is -0.810. The Hall–Kier alpha value is -2.12. The minimum atomic E-state index is -1.03. The molecule has 1 aliphatic carbocycles. The van der Waals surface area contributed by atoms with Gasteiger partial charge in [0.05, 0.1) is 12.1 Å². The molecule has 2 heterocycles. The predicted octanol–water partition coefficient (Wildman–Crippen LogP) is 4.38. The van der Waals surface area contributed by atoms with E-state index >= 15 is 0 Å². The van der Waals surface area contributed by atoms with E-state index in [1.165, 1.54) is 0 Å². The maximum Gasteiger partial charge on any atom is 0.238 e. The number of amides is 2. The highest BCUT2D eigenvalue weighted by atomic mass is 35.5. The number of rotatable bonds is 4. The van der Waals surface area contributed by atoms with Crippen molar-refractivity contribution in [3.05, 3.63) is 63.6 Å². The lowest BCUT2D eigenvalue weighted by molar-refractivity contribution is -0.125. The standard InChI is InChI=1S/C27H31Cl2N3O3/c1-26(2,3)13-21-27(19-8-7-16(29)10-20(19)31-25(27)35)22(14-5-4-6-15(28)9-14)23(32-21)24(34)30-17-11-18(33)12-17/h4-10,17-18,21-23,32-33H,11-13H2,1-3H3,(H,30,34)(H,31,35). The van der Waals surface area contributed by atoms with Crippen molar-refractivity contribution in [1.29, 1.82) is 0 Å². The molecule has 0 bridgehead atoms. The highest BCUT2D eigenvalue weighted by Crippen LogP contribution is 2.56. The van der Waals surface area contributed by atoms with Crippen molar-refractivity contribution in [2.24, 2.45) is 5.41 Å². The zero-order chi connectivity index (χ0) is 25.1. The summed E-state index contributed by atoms with van der Waals surface area (Å²) >= 11 is 12.7. The number of fused-ring (bicyclic) bond motifs is 2. The van der Waals surface area contributed by atoms with Gasteiger partial charge in [0, 0.05) is 33.7 Å². The topological polar surface area (TPSA) is 90.5 Å². The van der Waals surface area contributed by atoms with Gasteiger partial charge in [-0.15, -0.1) is 0 Å². The summed E-state index contributed by atoms with van der Waals surface area (Å²) in [5.41, 5.74) is 1.21. The van der Waals surface area contributed by atoms with Gasteiger partial charge in [-0.25, -0.2) is 0 Å². The highest BCUT2D eigenvalue weighted by molar-refractivity contribution is 6.31. The smallest absolute Gasteiger partial charge is 0.238 e. The maximum absolute atomic E-state index is 14.0. The Morgan fingerprint density at radius 2 is 1.86 bits per heavy atom. The minimum absolute atomic E-state index is 0.0691. The molecule has 1 saturated heterocycles. The molecule has 0 aromatic heterocycles. The molecule has 5 rings (SSSR count). The summed E-state index contributed by atoms with van der Waals surface area (Å²) in [7, 11) is 0. The summed E-state index contributed by atoms with van der Waals surface area (Å²) in [5, 5.41) is 20.6. The van der Waals surface area contributed by atoms with Crippen LogP contribution in [-0.4, -0.2) is 41.2 Å². The van der Waals surface area contributed by atoms with Crippen LogP contribution in [0.5, 0.6) is 0 Å². The molecule has 4 unspecified atom stereocenters. The van der Waals surface area contributed by atoms with E-state index < -0.39 is 17.4 Å². The molecule has 4 atom stereocenters. The van der Waals surface area contributed by atoms with Crippen molar-refractivity contribution < 1.29 is 14.7 Å². The van der Waals surface area contributed by atoms with Gasteiger partial charge in [0.2, 0.25) is 11.8 Å². The van der Waals surface area contributed by atoms with E-state index in [-0.39, 0.29) is 35.4 Å². The summed E-state index contributed by atoms with van der Waals surface area (Å²) in [6.07, 6.45) is 1.38. The van der Waals surface area contributed by atoms with E-state index in [2.05, 4.69) is 36.7 Å². The van der Waals surface area contributed by atoms with Gasteiger partial charge in [-0.2, -0.15) is 0 Å². The first-order valence-corrected chi connectivity index (χ1v) is 12.9. The van der Waals surface area contributed by atoms with Crippen molar-refractivity contribution in [2.45, 2.75) is 75.6 Å². The predicted molar refractivity (Wildman–Crippen MR) is 138 cm³/mol. The number of halogens is 2. The lowest BCUT2D eigenvalue weighted by atomic mass is 9.62. The lowest BCUT2D eigenvalue weighted by Gasteiger charge is -2.38. The number of carbonyl (C=O) groups is 2. The average Bonchev–Trinajstić information content (AvgIpc) is 3.21. The van der Waals surface area contributed by atoms with Crippen LogP contribution in [0.4, 0.5) is 5.69 Å². The molecule has 6 nitrogen and oxygen atoms in total. The normalized spacial score (nSPS) is 31.7. The highest BCUT2D eigenvalue weighted by Gasteiger charge is 2.65. The Bertz CT molecular complexity index is 1170. The number of hydrogen-bond donors (Lipinski definition) is 4. The molecule has 2 aromatic carbocycles. The average molecular weight is 516 g/mol. The number of aliphatic hydroxyl groups excluding tert-OH is 1. The van der Waals surface area contributed by atoms with Crippen LogP contribution in [0.1, 0.15) is 57.1 Å². The Morgan fingerprint density at radius 3 is 2.51 bits per heavy atom. The zero-order valence-corrected chi connectivity index (χ0v) is 21.6. The number of anilines is 1. The fourth-order valence-electron chi connectivity index (χ4n) is 6.12. The molecule has 2 aromatic rings. The molecule has 2 fully saturated rings. The third-order valence-corrected chi connectivity index (χ3v) is 8.04. The number of nitrogens with one attached hydrogen (secondary N) is 3. The van der Waals surface area contributed by atoms with Gasteiger partial charge in [0.15, 0.2) is 0 Å². The lowest BCUT2D eigenvalue weighted by Crippen LogP contribution is -2.53. The number of aliphatic hydroxyl groups is 1. The van der Waals surface area contributed by atoms with Crippen molar-refractivity contribution in [2.75, 3.05) is 5.32 Å². The number of hydrogen-bond acceptors (Lipinski definition) is 4. The summed E-state index contributed by atoms with van der Waals surface area (Å²) < 4.78 is 0. The van der Waals surface area contributed by atoms with Crippen molar-refractivity contribution >= 4 is 40.7 Å². The van der Waals surface area contributed by atoms with Gasteiger partial charge in [-0.3, -0.25) is 9.59 Å². The van der Waals surface area contributed by atoms with E-state index in [1.807, 2.05) is 24.3 Å². The van der Waals surface area contributed by atoms with Crippen LogP contribution in [-0.2, 0) is 15.0 Å². The Kier molecular flexibility index (Phi) is 6.16. The van der Waals surface area contributed by atoms with Crippen LogP contribution in [0.2, 0.25) is 10.0 Å². The first-order chi connectivity index (χ1) is 16.5. The monoisotopic (exact) mass is 515 g/mol. The van der Waals surface area contributed by atoms with E-state index in [9.17, 15) is 14.7 Å². The first kappa shape index (κ1) is 24.6. The Labute approximate surface area is 215 Å². The van der Waals surface area contributed by atoms with Gasteiger partial charge in [0.25, 0.3) is 0 Å². The first-order valence-electron chi connectivity index (χ1n) is 12.1. The second-order valence-corrected chi connectivity index (χ2v) is 12.2. The van der Waals surface area contributed by atoms with Gasteiger partial charge >= 0.3 is 0 Å². The van der Waals surface area contributed by atoms with Gasteiger partial charge in [-0.1, -0.05) is 62.2 Å². The van der Waals surface area contributed by atoms with E-state index in [0.717, 1.165) is 11.1 Å². The molecule has 1 spiro atoms. The van der Waals surface area contributed by atoms with Crippen LogP contribution in [0.25, 0.3) is 0 Å². The van der Waals surface area contributed by atoms with Gasteiger partial charge < -0.3 is 21.1 Å². The second kappa shape index (κ2) is 8.77. The molecule has 1 saturated carbocycles. The molecule has 0 radical (unpaired) electrons. The third kappa shape index (κ3) is 4.25. The molecule has 4 N–H and O–H groups in total. The SMILES string of the molecule is CC(C)(C)CC1NC(C(=O)NC2CC(O)C2)C(c2cccc(Cl)c2)C12C(=O)Nc1cc(Cl)ccc12. The molecule has 3 aliphatic rings. The fraction of sp³-hybridized carbons (Fsp3) is 0.481. The largest absolute Gasteiger partial charge is 0.393 e. The Morgan fingerprint density at radius 1 is 1.14 bits per heavy atom. The quantitative estimate of drug-likeness (QED) is 0.486. The van der Waals surface area contributed by atoms with Crippen LogP contribution in [0, 0.1) is 5.41 Å². The summed E-state index contributed by atoms with van der Waals surface area (Å²) in [6.45, 7) is 6.40. The zero-order valence-electron chi connectivity index (χ0n) is 20.1. The molecular formula is C27H31Cl2N3O3. The van der Waals surface area contributed by atoms with Crippen molar-refractivity contribution in [3.8, 4) is 0 Å². The van der Waals surface area contributed by atoms with Crippen LogP contribution >= 0.6 is 23.2 Å². The van der Waals surface area contributed by atoms with Gasteiger partial charge in [-0.05, 0) is 60.1 Å². The Balaban J connectivity index is 1.68. The third-order valence-electron chi connectivity index (χ3n) is 7.57. The molecular weight excluding hydrogens is 485 g/mol. The molecule has 2 amide bonds. The van der Waals surface area contributed by atoms with Crippen molar-refractivity contribution in [3.63, 3.8) is 0 Å². The molecule has 35 heavy (non-hydrogen) atoms. The molecule has 186 valence electrons. The van der Waals surface area contributed by atoms with Crippen LogP contribution < -0.4 is 16.0 Å². The molecule has 2 aliphatic heterocycles. The molecule has 8 heteroatoms.